The van der Waals surface area contributed by atoms with Gasteiger partial charge in [-0.3, -0.25) is 0 Å². The molecule has 2 aromatic heterocycles. The van der Waals surface area contributed by atoms with Gasteiger partial charge in [0, 0.05) is 12.2 Å². The summed E-state index contributed by atoms with van der Waals surface area (Å²) in [6.07, 6.45) is 4.11. The molecule has 0 unspecified atom stereocenters. The molecule has 2 aromatic rings. The number of pyridine rings is 1. The van der Waals surface area contributed by atoms with Crippen molar-refractivity contribution >= 4 is 27.5 Å². The van der Waals surface area contributed by atoms with E-state index in [4.69, 9.17) is 0 Å². The average molecular weight is 309 g/mol. The number of hydrogen-bond acceptors (Lipinski definition) is 2. The Kier molecular flexibility index (Phi) is 2.95. The van der Waals surface area contributed by atoms with E-state index in [1.807, 2.05) is 28.8 Å². The summed E-state index contributed by atoms with van der Waals surface area (Å²) in [5, 5.41) is 5.70. The third-order valence-corrected chi connectivity index (χ3v) is 3.48. The summed E-state index contributed by atoms with van der Waals surface area (Å²) in [6.45, 7) is 0.412. The zero-order valence-electron chi connectivity index (χ0n) is 9.69. The average Bonchev–Trinajstić information content (AvgIpc) is 3.12. The van der Waals surface area contributed by atoms with Crippen LogP contribution >= 0.6 is 15.9 Å². The van der Waals surface area contributed by atoms with Crippen LogP contribution in [-0.4, -0.2) is 21.5 Å². The highest BCUT2D eigenvalue weighted by Crippen LogP contribution is 2.19. The Morgan fingerprint density at radius 3 is 3.11 bits per heavy atom. The molecule has 1 fully saturated rings. The van der Waals surface area contributed by atoms with Crippen LogP contribution in [0.2, 0.25) is 0 Å². The fraction of sp³-hybridized carbons (Fsp3) is 0.333. The number of nitrogens with one attached hydrogen (secondary N) is 2. The largest absolute Gasteiger partial charge is 0.335 e. The lowest BCUT2D eigenvalue weighted by Crippen LogP contribution is -2.36. The highest BCUT2D eigenvalue weighted by atomic mass is 79.9. The van der Waals surface area contributed by atoms with Crippen LogP contribution in [0, 0.1) is 0 Å². The summed E-state index contributed by atoms with van der Waals surface area (Å²) < 4.78 is 2.75. The van der Waals surface area contributed by atoms with Gasteiger partial charge >= 0.3 is 6.03 Å². The number of amides is 2. The second kappa shape index (κ2) is 4.61. The second-order valence-electron chi connectivity index (χ2n) is 4.38. The molecule has 2 amide bonds. The van der Waals surface area contributed by atoms with Gasteiger partial charge in [-0.25, -0.2) is 9.78 Å². The van der Waals surface area contributed by atoms with E-state index in [0.717, 1.165) is 28.8 Å². The smallest absolute Gasteiger partial charge is 0.315 e. The third-order valence-electron chi connectivity index (χ3n) is 2.90. The number of fused-ring (bicyclic) bond motifs is 1. The number of urea groups is 1. The molecule has 0 radical (unpaired) electrons. The lowest BCUT2D eigenvalue weighted by atomic mass is 10.4. The minimum absolute atomic E-state index is 0.124. The molecule has 0 bridgehead atoms. The summed E-state index contributed by atoms with van der Waals surface area (Å²) in [5.41, 5.74) is 0.997. The van der Waals surface area contributed by atoms with Crippen molar-refractivity contribution < 1.29 is 4.79 Å². The first-order valence-corrected chi connectivity index (χ1v) is 6.69. The van der Waals surface area contributed by atoms with E-state index in [1.54, 1.807) is 0 Å². The summed E-state index contributed by atoms with van der Waals surface area (Å²) >= 11 is 3.41. The van der Waals surface area contributed by atoms with Gasteiger partial charge in [0.15, 0.2) is 0 Å². The number of carbonyl (C=O) groups is 1. The van der Waals surface area contributed by atoms with Crippen molar-refractivity contribution in [2.24, 2.45) is 0 Å². The highest BCUT2D eigenvalue weighted by Gasteiger charge is 2.23. The van der Waals surface area contributed by atoms with E-state index in [1.165, 1.54) is 0 Å². The van der Waals surface area contributed by atoms with Crippen LogP contribution in [0.15, 0.2) is 29.0 Å². The van der Waals surface area contributed by atoms with Crippen LogP contribution < -0.4 is 10.6 Å². The van der Waals surface area contributed by atoms with Crippen LogP contribution in [0.3, 0.4) is 0 Å². The van der Waals surface area contributed by atoms with Crippen LogP contribution in [0.5, 0.6) is 0 Å². The first kappa shape index (κ1) is 11.5. The van der Waals surface area contributed by atoms with Crippen molar-refractivity contribution in [3.05, 3.63) is 34.8 Å². The quantitative estimate of drug-likeness (QED) is 0.912. The first-order valence-electron chi connectivity index (χ1n) is 5.90. The van der Waals surface area contributed by atoms with Crippen LogP contribution in [0.25, 0.3) is 5.52 Å². The lowest BCUT2D eigenvalue weighted by Gasteiger charge is -2.05. The van der Waals surface area contributed by atoms with Crippen molar-refractivity contribution in [3.8, 4) is 0 Å². The van der Waals surface area contributed by atoms with Gasteiger partial charge in [0.25, 0.3) is 0 Å². The molecule has 0 aromatic carbocycles. The van der Waals surface area contributed by atoms with Gasteiger partial charge in [-0.2, -0.15) is 0 Å². The number of nitrogens with zero attached hydrogens (tertiary/aromatic N) is 2. The van der Waals surface area contributed by atoms with Crippen molar-refractivity contribution in [1.29, 1.82) is 0 Å². The molecule has 94 valence electrons. The Bertz CT molecular complexity index is 591. The molecule has 6 heteroatoms. The van der Waals surface area contributed by atoms with Gasteiger partial charge in [0.2, 0.25) is 0 Å². The number of aromatic nitrogens is 2. The monoisotopic (exact) mass is 308 g/mol. The zero-order chi connectivity index (χ0) is 12.5. The van der Waals surface area contributed by atoms with Gasteiger partial charge in [-0.05, 0) is 40.9 Å². The van der Waals surface area contributed by atoms with E-state index in [2.05, 4.69) is 31.5 Å². The number of halogens is 1. The zero-order valence-corrected chi connectivity index (χ0v) is 11.3. The van der Waals surface area contributed by atoms with E-state index < -0.39 is 0 Å². The maximum Gasteiger partial charge on any atom is 0.315 e. The molecule has 0 atom stereocenters. The molecule has 2 heterocycles. The molecule has 18 heavy (non-hydrogen) atoms. The SMILES string of the molecule is O=C(NCc1nc(Br)c2ccccn12)NC1CC1. The molecule has 1 aliphatic rings. The summed E-state index contributed by atoms with van der Waals surface area (Å²) in [6, 6.07) is 6.12. The molecule has 1 aliphatic carbocycles. The van der Waals surface area contributed by atoms with Crippen molar-refractivity contribution in [3.63, 3.8) is 0 Å². The Morgan fingerprint density at radius 2 is 2.33 bits per heavy atom. The normalized spacial score (nSPS) is 14.7. The van der Waals surface area contributed by atoms with Gasteiger partial charge < -0.3 is 15.0 Å². The fourth-order valence-corrected chi connectivity index (χ4v) is 2.34. The van der Waals surface area contributed by atoms with E-state index in [-0.39, 0.29) is 6.03 Å². The van der Waals surface area contributed by atoms with Crippen LogP contribution in [0.1, 0.15) is 18.7 Å². The minimum Gasteiger partial charge on any atom is -0.335 e. The lowest BCUT2D eigenvalue weighted by molar-refractivity contribution is 0.240. The number of hydrogen-bond donors (Lipinski definition) is 2. The maximum absolute atomic E-state index is 11.5. The Hall–Kier alpha value is -1.56. The van der Waals surface area contributed by atoms with Crippen molar-refractivity contribution in [2.75, 3.05) is 0 Å². The first-order chi connectivity index (χ1) is 8.74. The molecule has 3 rings (SSSR count). The topological polar surface area (TPSA) is 58.4 Å². The summed E-state index contributed by atoms with van der Waals surface area (Å²) in [7, 11) is 0. The molecule has 5 nitrogen and oxygen atoms in total. The molecule has 0 saturated heterocycles. The molecule has 0 spiro atoms. The number of carbonyl (C=O) groups excluding carboxylic acids is 1. The van der Waals surface area contributed by atoms with Gasteiger partial charge in [-0.1, -0.05) is 6.07 Å². The molecule has 2 N–H and O–H groups in total. The molecular formula is C12H13BrN4O. The second-order valence-corrected chi connectivity index (χ2v) is 5.13. The van der Waals surface area contributed by atoms with Crippen molar-refractivity contribution in [1.82, 2.24) is 20.0 Å². The Morgan fingerprint density at radius 1 is 1.50 bits per heavy atom. The predicted octanol–water partition coefficient (Wildman–Crippen LogP) is 2.06. The summed E-state index contributed by atoms with van der Waals surface area (Å²) in [5.74, 6) is 0.809. The van der Waals surface area contributed by atoms with E-state index >= 15 is 0 Å². The molecular weight excluding hydrogens is 296 g/mol. The Balaban J connectivity index is 1.72. The summed E-state index contributed by atoms with van der Waals surface area (Å²) in [4.78, 5) is 15.9. The maximum atomic E-state index is 11.5. The number of rotatable bonds is 3. The van der Waals surface area contributed by atoms with Crippen LogP contribution in [0.4, 0.5) is 4.79 Å². The van der Waals surface area contributed by atoms with Gasteiger partial charge in [0.1, 0.15) is 10.4 Å². The van der Waals surface area contributed by atoms with Gasteiger partial charge in [-0.15, -0.1) is 0 Å². The Labute approximate surface area is 113 Å². The van der Waals surface area contributed by atoms with E-state index in [0.29, 0.717) is 12.6 Å². The predicted molar refractivity (Wildman–Crippen MR) is 71.3 cm³/mol. The third kappa shape index (κ3) is 2.33. The standard InChI is InChI=1S/C12H13BrN4O/c13-11-9-3-1-2-6-17(9)10(16-11)7-14-12(18)15-8-4-5-8/h1-3,6,8H,4-5,7H2,(H2,14,15,18). The number of imidazole rings is 1. The highest BCUT2D eigenvalue weighted by molar-refractivity contribution is 9.10. The minimum atomic E-state index is -0.124. The van der Waals surface area contributed by atoms with Crippen molar-refractivity contribution in [2.45, 2.75) is 25.4 Å². The van der Waals surface area contributed by atoms with Crippen LogP contribution in [-0.2, 0) is 6.54 Å². The molecule has 0 aliphatic heterocycles. The fourth-order valence-electron chi connectivity index (χ4n) is 1.81. The molecule has 1 saturated carbocycles. The van der Waals surface area contributed by atoms with Gasteiger partial charge in [0.05, 0.1) is 12.1 Å². The van der Waals surface area contributed by atoms with E-state index in [9.17, 15) is 4.79 Å².